The summed E-state index contributed by atoms with van der Waals surface area (Å²) in [5.41, 5.74) is -1.31. The van der Waals surface area contributed by atoms with Gasteiger partial charge in [0.25, 0.3) is 0 Å². The van der Waals surface area contributed by atoms with Crippen LogP contribution in [0.4, 0.5) is 0 Å². The number of rotatable bonds is 17. The number of aliphatic hydroxyl groups is 1. The summed E-state index contributed by atoms with van der Waals surface area (Å²) in [6.45, 7) is 2.62. The predicted molar refractivity (Wildman–Crippen MR) is 115 cm³/mol. The number of aliphatic carboxylic acids is 1. The zero-order valence-electron chi connectivity index (χ0n) is 18.3. The van der Waals surface area contributed by atoms with Gasteiger partial charge < -0.3 is 14.7 Å². The van der Waals surface area contributed by atoms with Gasteiger partial charge in [-0.25, -0.2) is 0 Å². The quantitative estimate of drug-likeness (QED) is 0.203. The van der Waals surface area contributed by atoms with Crippen LogP contribution in [0.5, 0.6) is 0 Å². The molecule has 158 valence electrons. The van der Waals surface area contributed by atoms with Gasteiger partial charge in [-0.15, -0.1) is 0 Å². The molecule has 4 heteroatoms. The molecule has 0 aliphatic carbocycles. The minimum absolute atomic E-state index is 0.273. The first-order chi connectivity index (χ1) is 12.7. The minimum Gasteiger partial charge on any atom is -0.481 e. The number of carboxylic acid groups (broad SMARTS) is 1. The van der Waals surface area contributed by atoms with Crippen molar-refractivity contribution >= 4 is 5.97 Å². The van der Waals surface area contributed by atoms with E-state index in [2.05, 4.69) is 13.0 Å². The normalized spacial score (nSPS) is 14.9. The van der Waals surface area contributed by atoms with Crippen LogP contribution in [0, 0.1) is 0 Å². The number of carboxylic acids is 1. The molecule has 0 aromatic rings. The average molecular weight is 383 g/mol. The predicted octanol–water partition coefficient (Wildman–Crippen LogP) is 5.32. The Balaban J connectivity index is 3.93. The summed E-state index contributed by atoms with van der Waals surface area (Å²) >= 11 is 0. The SMILES string of the molecule is CCCCCCCCCCCC/C=C/C=C/C(O)(CC(=O)O)C[N+](C)(C)C. The number of nitrogens with zero attached hydrogens (tertiary/aromatic N) is 1. The molecule has 0 fully saturated rings. The number of carbonyl (C=O) groups is 1. The van der Waals surface area contributed by atoms with Crippen molar-refractivity contribution in [2.45, 2.75) is 89.6 Å². The summed E-state index contributed by atoms with van der Waals surface area (Å²) in [5.74, 6) is -0.982. The second-order valence-corrected chi connectivity index (χ2v) is 8.88. The average Bonchev–Trinajstić information content (AvgIpc) is 2.52. The fraction of sp³-hybridized carbons (Fsp3) is 0.783. The number of likely N-dealkylation sites (N-methyl/N-ethyl adjacent to an activating group) is 1. The fourth-order valence-electron chi connectivity index (χ4n) is 3.41. The van der Waals surface area contributed by atoms with Crippen molar-refractivity contribution in [3.63, 3.8) is 0 Å². The maximum atomic E-state index is 11.0. The highest BCUT2D eigenvalue weighted by Crippen LogP contribution is 2.17. The van der Waals surface area contributed by atoms with Gasteiger partial charge in [0, 0.05) is 0 Å². The molecule has 0 bridgehead atoms. The van der Waals surface area contributed by atoms with E-state index in [-0.39, 0.29) is 6.42 Å². The topological polar surface area (TPSA) is 57.5 Å². The lowest BCUT2D eigenvalue weighted by molar-refractivity contribution is -0.876. The zero-order chi connectivity index (χ0) is 20.6. The Kier molecular flexibility index (Phi) is 14.2. The van der Waals surface area contributed by atoms with Gasteiger partial charge in [-0.3, -0.25) is 4.79 Å². The van der Waals surface area contributed by atoms with Gasteiger partial charge in [-0.1, -0.05) is 82.9 Å². The molecule has 27 heavy (non-hydrogen) atoms. The number of hydrogen-bond donors (Lipinski definition) is 2. The van der Waals surface area contributed by atoms with Gasteiger partial charge in [0.1, 0.15) is 12.1 Å². The molecule has 1 atom stereocenters. The zero-order valence-corrected chi connectivity index (χ0v) is 18.3. The third-order valence-corrected chi connectivity index (χ3v) is 4.58. The Bertz CT molecular complexity index is 437. The third-order valence-electron chi connectivity index (χ3n) is 4.58. The van der Waals surface area contributed by atoms with Gasteiger partial charge in [0.15, 0.2) is 0 Å². The number of quaternary nitrogens is 1. The van der Waals surface area contributed by atoms with E-state index >= 15 is 0 Å². The van der Waals surface area contributed by atoms with E-state index in [9.17, 15) is 9.90 Å². The second-order valence-electron chi connectivity index (χ2n) is 8.88. The first kappa shape index (κ1) is 25.9. The molecule has 0 aromatic carbocycles. The first-order valence-electron chi connectivity index (χ1n) is 10.8. The molecule has 2 N–H and O–H groups in total. The number of hydrogen-bond acceptors (Lipinski definition) is 2. The lowest BCUT2D eigenvalue weighted by Crippen LogP contribution is -2.49. The molecule has 0 spiro atoms. The van der Waals surface area contributed by atoms with E-state index in [1.54, 1.807) is 12.2 Å². The Labute approximate surface area is 167 Å². The highest BCUT2D eigenvalue weighted by molar-refractivity contribution is 5.68. The van der Waals surface area contributed by atoms with Crippen LogP contribution < -0.4 is 0 Å². The van der Waals surface area contributed by atoms with E-state index in [0.29, 0.717) is 11.0 Å². The number of unbranched alkanes of at least 4 members (excludes halogenated alkanes) is 10. The van der Waals surface area contributed by atoms with Gasteiger partial charge >= 0.3 is 5.97 Å². The molecule has 4 nitrogen and oxygen atoms in total. The van der Waals surface area contributed by atoms with Crippen LogP contribution >= 0.6 is 0 Å². The summed E-state index contributed by atoms with van der Waals surface area (Å²) in [6, 6.07) is 0. The summed E-state index contributed by atoms with van der Waals surface area (Å²) in [6.07, 6.45) is 21.6. The Morgan fingerprint density at radius 3 is 1.89 bits per heavy atom. The maximum absolute atomic E-state index is 11.0. The molecule has 0 aliphatic heterocycles. The second kappa shape index (κ2) is 14.9. The van der Waals surface area contributed by atoms with Crippen LogP contribution in [-0.4, -0.2) is 54.0 Å². The standard InChI is InChI=1S/C23H43NO3/c1-5-6-7-8-9-10-11-12-13-14-15-16-17-18-19-23(27,20-22(25)26)21-24(2,3)4/h16-19,27H,5-15,20-21H2,1-4H3/p+1/b17-16+,19-18+. The Hall–Kier alpha value is -1.13. The van der Waals surface area contributed by atoms with E-state index in [4.69, 9.17) is 5.11 Å². The molecule has 0 heterocycles. The van der Waals surface area contributed by atoms with Crippen LogP contribution in [0.25, 0.3) is 0 Å². The van der Waals surface area contributed by atoms with Crippen LogP contribution in [0.2, 0.25) is 0 Å². The summed E-state index contributed by atoms with van der Waals surface area (Å²) in [5, 5.41) is 19.6. The lowest BCUT2D eigenvalue weighted by Gasteiger charge is -2.32. The van der Waals surface area contributed by atoms with Crippen LogP contribution in [-0.2, 0) is 4.79 Å². The van der Waals surface area contributed by atoms with E-state index < -0.39 is 11.6 Å². The molecule has 0 rings (SSSR count). The molecule has 0 amide bonds. The van der Waals surface area contributed by atoms with Crippen molar-refractivity contribution in [2.75, 3.05) is 27.7 Å². The Morgan fingerprint density at radius 1 is 0.889 bits per heavy atom. The third kappa shape index (κ3) is 18.0. The van der Waals surface area contributed by atoms with Gasteiger partial charge in [0.05, 0.1) is 27.6 Å². The fourth-order valence-corrected chi connectivity index (χ4v) is 3.41. The van der Waals surface area contributed by atoms with Crippen molar-refractivity contribution in [1.82, 2.24) is 0 Å². The first-order valence-corrected chi connectivity index (χ1v) is 10.8. The van der Waals surface area contributed by atoms with Crippen LogP contribution in [0.3, 0.4) is 0 Å². The highest BCUT2D eigenvalue weighted by Gasteiger charge is 2.33. The number of allylic oxidation sites excluding steroid dienone is 3. The minimum atomic E-state index is -1.31. The molecular formula is C23H44NO3+. The lowest BCUT2D eigenvalue weighted by atomic mass is 9.97. The van der Waals surface area contributed by atoms with E-state index in [1.165, 1.54) is 64.2 Å². The largest absolute Gasteiger partial charge is 0.481 e. The monoisotopic (exact) mass is 382 g/mol. The summed E-state index contributed by atoms with van der Waals surface area (Å²) in [4.78, 5) is 11.0. The van der Waals surface area contributed by atoms with Gasteiger partial charge in [-0.05, 0) is 18.9 Å². The van der Waals surface area contributed by atoms with Crippen molar-refractivity contribution in [3.8, 4) is 0 Å². The smallest absolute Gasteiger partial charge is 0.306 e. The Morgan fingerprint density at radius 2 is 1.41 bits per heavy atom. The van der Waals surface area contributed by atoms with Crippen molar-refractivity contribution in [3.05, 3.63) is 24.3 Å². The molecular weight excluding hydrogens is 338 g/mol. The summed E-state index contributed by atoms with van der Waals surface area (Å²) in [7, 11) is 5.84. The van der Waals surface area contributed by atoms with Gasteiger partial charge in [0.2, 0.25) is 0 Å². The highest BCUT2D eigenvalue weighted by atomic mass is 16.4. The molecule has 0 radical (unpaired) electrons. The van der Waals surface area contributed by atoms with E-state index in [0.717, 1.165) is 6.42 Å². The molecule has 0 aromatic heterocycles. The van der Waals surface area contributed by atoms with Crippen molar-refractivity contribution in [2.24, 2.45) is 0 Å². The molecule has 0 saturated heterocycles. The van der Waals surface area contributed by atoms with Crippen molar-refractivity contribution < 1.29 is 19.5 Å². The molecule has 0 aliphatic rings. The molecule has 0 saturated carbocycles. The van der Waals surface area contributed by atoms with Crippen LogP contribution in [0.15, 0.2) is 24.3 Å². The maximum Gasteiger partial charge on any atom is 0.306 e. The van der Waals surface area contributed by atoms with Crippen molar-refractivity contribution in [1.29, 1.82) is 0 Å². The molecule has 1 unspecified atom stereocenters. The van der Waals surface area contributed by atoms with Crippen LogP contribution in [0.1, 0.15) is 84.0 Å². The van der Waals surface area contributed by atoms with Gasteiger partial charge in [-0.2, -0.15) is 0 Å². The van der Waals surface area contributed by atoms with E-state index in [1.807, 2.05) is 27.2 Å². The summed E-state index contributed by atoms with van der Waals surface area (Å²) < 4.78 is 0.510.